The molecule has 116 valence electrons. The van der Waals surface area contributed by atoms with Gasteiger partial charge in [-0.25, -0.2) is 13.6 Å². The van der Waals surface area contributed by atoms with E-state index < -0.39 is 30.1 Å². The Morgan fingerprint density at radius 2 is 2.00 bits per heavy atom. The monoisotopic (exact) mass is 325 g/mol. The molecule has 2 rings (SSSR count). The van der Waals surface area contributed by atoms with Gasteiger partial charge in [-0.2, -0.15) is 0 Å². The van der Waals surface area contributed by atoms with Gasteiger partial charge in [0.25, 0.3) is 5.91 Å². The van der Waals surface area contributed by atoms with Crippen LogP contribution in [-0.4, -0.2) is 18.5 Å². The van der Waals surface area contributed by atoms with E-state index in [1.165, 1.54) is 17.4 Å². The quantitative estimate of drug-likeness (QED) is 0.860. The Labute approximate surface area is 129 Å². The third kappa shape index (κ3) is 4.36. The lowest BCUT2D eigenvalue weighted by molar-refractivity contribution is -0.124. The van der Waals surface area contributed by atoms with Gasteiger partial charge in [-0.1, -0.05) is 6.07 Å². The van der Waals surface area contributed by atoms with Crippen LogP contribution in [0.2, 0.25) is 0 Å². The zero-order valence-corrected chi connectivity index (χ0v) is 12.5. The topological polar surface area (TPSA) is 55.4 Å². The average Bonchev–Trinajstić information content (AvgIpc) is 2.90. The number of hydrogen-bond acceptors (Lipinski definition) is 4. The number of carbonyl (C=O) groups excluding carboxylic acids is 2. The van der Waals surface area contributed by atoms with Crippen LogP contribution in [0.15, 0.2) is 30.3 Å². The second-order valence-electron chi connectivity index (χ2n) is 4.50. The number of ether oxygens (including phenoxy) is 1. The van der Waals surface area contributed by atoms with Gasteiger partial charge < -0.3 is 10.1 Å². The predicted octanol–water partition coefficient (Wildman–Crippen LogP) is 2.81. The SMILES string of the molecule is Cc1ccc(C(=O)OCC(=O)NCc2ccc(F)cc2F)s1. The fourth-order valence-corrected chi connectivity index (χ4v) is 2.42. The van der Waals surface area contributed by atoms with E-state index in [9.17, 15) is 18.4 Å². The first kappa shape index (κ1) is 16.1. The number of benzene rings is 1. The van der Waals surface area contributed by atoms with Crippen LogP contribution in [0.5, 0.6) is 0 Å². The summed E-state index contributed by atoms with van der Waals surface area (Å²) in [5.41, 5.74) is 0.148. The van der Waals surface area contributed by atoms with E-state index in [1.54, 1.807) is 12.1 Å². The molecule has 0 fully saturated rings. The highest BCUT2D eigenvalue weighted by molar-refractivity contribution is 7.13. The Morgan fingerprint density at radius 1 is 1.23 bits per heavy atom. The summed E-state index contributed by atoms with van der Waals surface area (Å²) in [5.74, 6) is -2.58. The largest absolute Gasteiger partial charge is 0.451 e. The van der Waals surface area contributed by atoms with Crippen LogP contribution in [0.3, 0.4) is 0 Å². The molecule has 0 unspecified atom stereocenters. The number of hydrogen-bond donors (Lipinski definition) is 1. The fraction of sp³-hybridized carbons (Fsp3) is 0.200. The van der Waals surface area contributed by atoms with Crippen molar-refractivity contribution < 1.29 is 23.1 Å². The molecule has 0 bridgehead atoms. The van der Waals surface area contributed by atoms with Crippen LogP contribution in [0.4, 0.5) is 8.78 Å². The van der Waals surface area contributed by atoms with E-state index in [0.29, 0.717) is 4.88 Å². The molecule has 4 nitrogen and oxygen atoms in total. The minimum Gasteiger partial charge on any atom is -0.451 e. The molecule has 1 N–H and O–H groups in total. The van der Waals surface area contributed by atoms with Crippen LogP contribution in [0.25, 0.3) is 0 Å². The first-order valence-electron chi connectivity index (χ1n) is 6.40. The molecule has 0 aliphatic rings. The Morgan fingerprint density at radius 3 is 2.64 bits per heavy atom. The van der Waals surface area contributed by atoms with E-state index in [4.69, 9.17) is 4.74 Å². The molecule has 2 aromatic rings. The number of esters is 1. The molecule has 0 saturated heterocycles. The van der Waals surface area contributed by atoms with E-state index in [0.717, 1.165) is 17.0 Å². The van der Waals surface area contributed by atoms with Crippen molar-refractivity contribution in [1.82, 2.24) is 5.32 Å². The number of carbonyl (C=O) groups is 2. The summed E-state index contributed by atoms with van der Waals surface area (Å²) in [4.78, 5) is 24.6. The van der Waals surface area contributed by atoms with E-state index >= 15 is 0 Å². The summed E-state index contributed by atoms with van der Waals surface area (Å²) in [7, 11) is 0. The standard InChI is InChI=1S/C15H13F2NO3S/c1-9-2-5-13(22-9)15(20)21-8-14(19)18-7-10-3-4-11(16)6-12(10)17/h2-6H,7-8H2,1H3,(H,18,19). The van der Waals surface area contributed by atoms with Gasteiger partial charge in [0.1, 0.15) is 16.5 Å². The molecule has 1 heterocycles. The van der Waals surface area contributed by atoms with Crippen LogP contribution in [-0.2, 0) is 16.1 Å². The summed E-state index contributed by atoms with van der Waals surface area (Å²) in [5, 5.41) is 2.40. The fourth-order valence-electron chi connectivity index (χ4n) is 1.66. The Kier molecular flexibility index (Phi) is 5.21. The molecule has 0 aliphatic heterocycles. The van der Waals surface area contributed by atoms with Crippen LogP contribution in [0, 0.1) is 18.6 Å². The number of amides is 1. The van der Waals surface area contributed by atoms with Crippen molar-refractivity contribution in [1.29, 1.82) is 0 Å². The summed E-state index contributed by atoms with van der Waals surface area (Å²) in [6, 6.07) is 6.47. The molecule has 1 amide bonds. The molecule has 0 spiro atoms. The van der Waals surface area contributed by atoms with Crippen LogP contribution in [0.1, 0.15) is 20.1 Å². The summed E-state index contributed by atoms with van der Waals surface area (Å²) >= 11 is 1.27. The highest BCUT2D eigenvalue weighted by atomic mass is 32.1. The summed E-state index contributed by atoms with van der Waals surface area (Å²) in [6.45, 7) is 1.28. The van der Waals surface area contributed by atoms with Gasteiger partial charge in [0.2, 0.25) is 0 Å². The maximum Gasteiger partial charge on any atom is 0.348 e. The molecule has 1 aromatic heterocycles. The minimum absolute atomic E-state index is 0.111. The average molecular weight is 325 g/mol. The van der Waals surface area contributed by atoms with Crippen molar-refractivity contribution in [3.63, 3.8) is 0 Å². The molecule has 0 radical (unpaired) electrons. The minimum atomic E-state index is -0.744. The van der Waals surface area contributed by atoms with E-state index in [1.807, 2.05) is 6.92 Å². The van der Waals surface area contributed by atoms with Crippen molar-refractivity contribution in [2.45, 2.75) is 13.5 Å². The first-order valence-corrected chi connectivity index (χ1v) is 7.21. The molecule has 0 atom stereocenters. The number of aryl methyl sites for hydroxylation is 1. The summed E-state index contributed by atoms with van der Waals surface area (Å²) < 4.78 is 30.9. The maximum atomic E-state index is 13.4. The van der Waals surface area contributed by atoms with Crippen molar-refractivity contribution >= 4 is 23.2 Å². The molecule has 22 heavy (non-hydrogen) atoms. The zero-order chi connectivity index (χ0) is 16.1. The highest BCUT2D eigenvalue weighted by Crippen LogP contribution is 2.15. The lowest BCUT2D eigenvalue weighted by Crippen LogP contribution is -2.28. The van der Waals surface area contributed by atoms with Crippen molar-refractivity contribution in [3.8, 4) is 0 Å². The second-order valence-corrected chi connectivity index (χ2v) is 5.79. The van der Waals surface area contributed by atoms with Crippen LogP contribution >= 0.6 is 11.3 Å². The number of halogens is 2. The normalized spacial score (nSPS) is 10.3. The van der Waals surface area contributed by atoms with Crippen LogP contribution < -0.4 is 5.32 Å². The molecule has 1 aromatic carbocycles. The number of nitrogens with one attached hydrogen (secondary N) is 1. The first-order chi connectivity index (χ1) is 10.5. The van der Waals surface area contributed by atoms with Gasteiger partial charge in [-0.15, -0.1) is 11.3 Å². The van der Waals surface area contributed by atoms with Gasteiger partial charge in [-0.05, 0) is 25.1 Å². The Bertz CT molecular complexity index is 700. The number of rotatable bonds is 5. The van der Waals surface area contributed by atoms with Gasteiger partial charge in [0.15, 0.2) is 6.61 Å². The van der Waals surface area contributed by atoms with Crippen molar-refractivity contribution in [2.75, 3.05) is 6.61 Å². The maximum absolute atomic E-state index is 13.4. The molecular formula is C15H13F2NO3S. The Balaban J connectivity index is 1.79. The zero-order valence-electron chi connectivity index (χ0n) is 11.7. The van der Waals surface area contributed by atoms with Crippen molar-refractivity contribution in [2.24, 2.45) is 0 Å². The van der Waals surface area contributed by atoms with E-state index in [-0.39, 0.29) is 12.1 Å². The van der Waals surface area contributed by atoms with Gasteiger partial charge in [0, 0.05) is 23.1 Å². The Hall–Kier alpha value is -2.28. The highest BCUT2D eigenvalue weighted by Gasteiger charge is 2.12. The molecule has 7 heteroatoms. The lowest BCUT2D eigenvalue weighted by atomic mass is 10.2. The van der Waals surface area contributed by atoms with E-state index in [2.05, 4.69) is 5.32 Å². The molecule has 0 aliphatic carbocycles. The third-order valence-corrected chi connectivity index (χ3v) is 3.75. The summed E-state index contributed by atoms with van der Waals surface area (Å²) in [6.07, 6.45) is 0. The smallest absolute Gasteiger partial charge is 0.348 e. The lowest BCUT2D eigenvalue weighted by Gasteiger charge is -2.07. The second kappa shape index (κ2) is 7.13. The predicted molar refractivity (Wildman–Crippen MR) is 77.5 cm³/mol. The van der Waals surface area contributed by atoms with Gasteiger partial charge >= 0.3 is 5.97 Å². The molecular weight excluding hydrogens is 312 g/mol. The van der Waals surface area contributed by atoms with Gasteiger partial charge in [0.05, 0.1) is 0 Å². The van der Waals surface area contributed by atoms with Crippen molar-refractivity contribution in [3.05, 3.63) is 57.3 Å². The number of thiophene rings is 1. The van der Waals surface area contributed by atoms with Gasteiger partial charge in [-0.3, -0.25) is 4.79 Å². The molecule has 0 saturated carbocycles. The third-order valence-electron chi connectivity index (χ3n) is 2.77.